The standard InChI is InChI=1S/C11H15NS/c1-9-3-5-11(6-4-9)8-13-7-10(2)12/h3-7H,8,12H2,1-2H3/b10-7-. The Labute approximate surface area is 84.0 Å². The maximum absolute atomic E-state index is 5.52. The van der Waals surface area contributed by atoms with Gasteiger partial charge in [-0.05, 0) is 24.8 Å². The molecular formula is C11H15NS. The van der Waals surface area contributed by atoms with Crippen molar-refractivity contribution >= 4 is 11.8 Å². The van der Waals surface area contributed by atoms with E-state index in [2.05, 4.69) is 31.2 Å². The molecule has 0 atom stereocenters. The summed E-state index contributed by atoms with van der Waals surface area (Å²) in [5.41, 5.74) is 9.04. The van der Waals surface area contributed by atoms with Crippen LogP contribution in [0.25, 0.3) is 0 Å². The Morgan fingerprint density at radius 2 is 2.00 bits per heavy atom. The Morgan fingerprint density at radius 3 is 2.54 bits per heavy atom. The molecule has 1 aromatic carbocycles. The number of benzene rings is 1. The molecule has 0 aliphatic heterocycles. The highest BCUT2D eigenvalue weighted by Crippen LogP contribution is 2.14. The third-order valence-electron chi connectivity index (χ3n) is 1.64. The van der Waals surface area contributed by atoms with E-state index in [4.69, 9.17) is 5.73 Å². The largest absolute Gasteiger partial charge is 0.402 e. The number of hydrogen-bond donors (Lipinski definition) is 1. The average molecular weight is 193 g/mol. The minimum Gasteiger partial charge on any atom is -0.402 e. The van der Waals surface area contributed by atoms with E-state index in [0.717, 1.165) is 11.4 Å². The number of allylic oxidation sites excluding steroid dienone is 1. The molecule has 0 aliphatic rings. The third-order valence-corrected chi connectivity index (χ3v) is 2.68. The lowest BCUT2D eigenvalue weighted by Gasteiger charge is -1.98. The van der Waals surface area contributed by atoms with Gasteiger partial charge in [-0.1, -0.05) is 29.8 Å². The second-order valence-electron chi connectivity index (χ2n) is 3.16. The fourth-order valence-corrected chi connectivity index (χ4v) is 1.68. The lowest BCUT2D eigenvalue weighted by Crippen LogP contribution is -1.88. The zero-order valence-electron chi connectivity index (χ0n) is 8.08. The Hall–Kier alpha value is -0.890. The molecule has 1 nitrogen and oxygen atoms in total. The minimum atomic E-state index is 0.872. The minimum absolute atomic E-state index is 0.872. The predicted molar refractivity (Wildman–Crippen MR) is 60.4 cm³/mol. The van der Waals surface area contributed by atoms with Crippen molar-refractivity contribution < 1.29 is 0 Å². The van der Waals surface area contributed by atoms with E-state index in [-0.39, 0.29) is 0 Å². The van der Waals surface area contributed by atoms with Crippen LogP contribution < -0.4 is 5.73 Å². The second kappa shape index (κ2) is 4.97. The van der Waals surface area contributed by atoms with Crippen LogP contribution in [0, 0.1) is 6.92 Å². The Kier molecular flexibility index (Phi) is 3.90. The summed E-state index contributed by atoms with van der Waals surface area (Å²) in [4.78, 5) is 0. The van der Waals surface area contributed by atoms with E-state index < -0.39 is 0 Å². The first kappa shape index (κ1) is 10.2. The van der Waals surface area contributed by atoms with Crippen molar-refractivity contribution in [1.82, 2.24) is 0 Å². The van der Waals surface area contributed by atoms with Crippen molar-refractivity contribution in [3.8, 4) is 0 Å². The highest BCUT2D eigenvalue weighted by atomic mass is 32.2. The molecule has 2 heteroatoms. The van der Waals surface area contributed by atoms with E-state index in [0.29, 0.717) is 0 Å². The summed E-state index contributed by atoms with van der Waals surface area (Å²) in [6.07, 6.45) is 0. The number of aryl methyl sites for hydroxylation is 1. The first-order valence-corrected chi connectivity index (χ1v) is 5.33. The summed E-state index contributed by atoms with van der Waals surface area (Å²) in [7, 11) is 0. The van der Waals surface area contributed by atoms with Crippen LogP contribution in [-0.2, 0) is 5.75 Å². The maximum atomic E-state index is 5.52. The second-order valence-corrected chi connectivity index (χ2v) is 4.02. The lowest BCUT2D eigenvalue weighted by atomic mass is 10.2. The van der Waals surface area contributed by atoms with Crippen molar-refractivity contribution in [2.75, 3.05) is 0 Å². The molecule has 0 fully saturated rings. The van der Waals surface area contributed by atoms with Gasteiger partial charge in [-0.2, -0.15) is 0 Å². The van der Waals surface area contributed by atoms with E-state index >= 15 is 0 Å². The van der Waals surface area contributed by atoms with E-state index in [1.165, 1.54) is 11.1 Å². The third kappa shape index (κ3) is 4.04. The topological polar surface area (TPSA) is 26.0 Å². The van der Waals surface area contributed by atoms with Gasteiger partial charge in [0.25, 0.3) is 0 Å². The van der Waals surface area contributed by atoms with Gasteiger partial charge in [0.15, 0.2) is 0 Å². The van der Waals surface area contributed by atoms with E-state index in [9.17, 15) is 0 Å². The van der Waals surface area contributed by atoms with Gasteiger partial charge in [0.2, 0.25) is 0 Å². The van der Waals surface area contributed by atoms with Gasteiger partial charge in [-0.25, -0.2) is 0 Å². The van der Waals surface area contributed by atoms with Gasteiger partial charge in [0.1, 0.15) is 0 Å². The summed E-state index contributed by atoms with van der Waals surface area (Å²) < 4.78 is 0. The summed E-state index contributed by atoms with van der Waals surface area (Å²) in [6.45, 7) is 4.00. The smallest absolute Gasteiger partial charge is 0.0226 e. The van der Waals surface area contributed by atoms with Crippen LogP contribution >= 0.6 is 11.8 Å². The molecule has 0 unspecified atom stereocenters. The Bertz CT molecular complexity index is 283. The SMILES string of the molecule is C/C(N)=C/SCc1ccc(C)cc1. The van der Waals surface area contributed by atoms with Crippen LogP contribution in [0.5, 0.6) is 0 Å². The van der Waals surface area contributed by atoms with Crippen molar-refractivity contribution in [2.45, 2.75) is 19.6 Å². The molecule has 0 aromatic heterocycles. The fraction of sp³-hybridized carbons (Fsp3) is 0.273. The first-order valence-electron chi connectivity index (χ1n) is 4.28. The van der Waals surface area contributed by atoms with Crippen LogP contribution in [0.15, 0.2) is 35.4 Å². The number of rotatable bonds is 3. The van der Waals surface area contributed by atoms with Crippen LogP contribution in [0.3, 0.4) is 0 Å². The lowest BCUT2D eigenvalue weighted by molar-refractivity contribution is 1.33. The van der Waals surface area contributed by atoms with Crippen LogP contribution in [0.4, 0.5) is 0 Å². The Balaban J connectivity index is 2.46. The highest BCUT2D eigenvalue weighted by Gasteiger charge is 1.90. The van der Waals surface area contributed by atoms with Crippen molar-refractivity contribution in [1.29, 1.82) is 0 Å². The average Bonchev–Trinajstić information content (AvgIpc) is 2.08. The zero-order chi connectivity index (χ0) is 9.68. The molecule has 0 bridgehead atoms. The van der Waals surface area contributed by atoms with Gasteiger partial charge in [0.05, 0.1) is 0 Å². The molecule has 0 saturated carbocycles. The van der Waals surface area contributed by atoms with Gasteiger partial charge in [0, 0.05) is 11.4 Å². The van der Waals surface area contributed by atoms with E-state index in [1.807, 2.05) is 12.3 Å². The van der Waals surface area contributed by atoms with Crippen molar-refractivity contribution in [3.05, 3.63) is 46.5 Å². The number of thioether (sulfide) groups is 1. The zero-order valence-corrected chi connectivity index (χ0v) is 8.90. The first-order chi connectivity index (χ1) is 6.18. The number of nitrogens with two attached hydrogens (primary N) is 1. The molecule has 0 radical (unpaired) electrons. The quantitative estimate of drug-likeness (QED) is 0.798. The molecule has 70 valence electrons. The van der Waals surface area contributed by atoms with Gasteiger partial charge >= 0.3 is 0 Å². The molecule has 0 saturated heterocycles. The van der Waals surface area contributed by atoms with Crippen LogP contribution in [0.1, 0.15) is 18.1 Å². The highest BCUT2D eigenvalue weighted by molar-refractivity contribution is 8.01. The predicted octanol–water partition coefficient (Wildman–Crippen LogP) is 3.05. The summed E-state index contributed by atoms with van der Waals surface area (Å²) in [6, 6.07) is 8.58. The molecule has 0 spiro atoms. The fourth-order valence-electron chi connectivity index (χ4n) is 0.954. The molecule has 0 amide bonds. The van der Waals surface area contributed by atoms with Crippen molar-refractivity contribution in [3.63, 3.8) is 0 Å². The van der Waals surface area contributed by atoms with Crippen LogP contribution in [0.2, 0.25) is 0 Å². The molecule has 1 rings (SSSR count). The monoisotopic (exact) mass is 193 g/mol. The van der Waals surface area contributed by atoms with Gasteiger partial charge in [-0.3, -0.25) is 0 Å². The van der Waals surface area contributed by atoms with Crippen molar-refractivity contribution in [2.24, 2.45) is 5.73 Å². The van der Waals surface area contributed by atoms with Gasteiger partial charge in [-0.15, -0.1) is 11.8 Å². The Morgan fingerprint density at radius 1 is 1.38 bits per heavy atom. The molecule has 0 aliphatic carbocycles. The molecule has 0 heterocycles. The van der Waals surface area contributed by atoms with Gasteiger partial charge < -0.3 is 5.73 Å². The maximum Gasteiger partial charge on any atom is 0.0226 e. The summed E-state index contributed by atoms with van der Waals surface area (Å²) >= 11 is 1.73. The molecular weight excluding hydrogens is 178 g/mol. The van der Waals surface area contributed by atoms with Crippen LogP contribution in [-0.4, -0.2) is 0 Å². The van der Waals surface area contributed by atoms with E-state index in [1.54, 1.807) is 11.8 Å². The normalized spacial score (nSPS) is 11.7. The summed E-state index contributed by atoms with van der Waals surface area (Å²) in [5, 5.41) is 1.99. The summed E-state index contributed by atoms with van der Waals surface area (Å²) in [5.74, 6) is 0.995. The molecule has 2 N–H and O–H groups in total. The number of hydrogen-bond acceptors (Lipinski definition) is 2. The molecule has 13 heavy (non-hydrogen) atoms. The molecule has 1 aromatic rings.